The van der Waals surface area contributed by atoms with Crippen LogP contribution in [0.1, 0.15) is 74.5 Å². The Balaban J connectivity index is 1.19. The van der Waals surface area contributed by atoms with Gasteiger partial charge in [0.2, 0.25) is 11.8 Å². The molecule has 2 saturated carbocycles. The Morgan fingerprint density at radius 1 is 0.974 bits per heavy atom. The van der Waals surface area contributed by atoms with Gasteiger partial charge in [0.15, 0.2) is 0 Å². The first-order valence-corrected chi connectivity index (χ1v) is 14.1. The van der Waals surface area contributed by atoms with Gasteiger partial charge in [-0.1, -0.05) is 17.7 Å². The average molecular weight is 557 g/mol. The molecule has 2 fully saturated rings. The highest BCUT2D eigenvalue weighted by Gasteiger charge is 2.39. The highest BCUT2D eigenvalue weighted by atomic mass is 35.5. The van der Waals surface area contributed by atoms with Crippen LogP contribution < -0.4 is 4.74 Å². The van der Waals surface area contributed by atoms with Gasteiger partial charge in [-0.25, -0.2) is 13.8 Å². The number of fused-ring (bicyclic) bond motifs is 3. The van der Waals surface area contributed by atoms with Crippen molar-refractivity contribution in [1.29, 1.82) is 0 Å². The summed E-state index contributed by atoms with van der Waals surface area (Å²) in [6.07, 6.45) is 5.56. The van der Waals surface area contributed by atoms with Gasteiger partial charge in [0.25, 0.3) is 0 Å². The zero-order chi connectivity index (χ0) is 27.0. The Hall–Kier alpha value is -3.07. The lowest BCUT2D eigenvalue weighted by molar-refractivity contribution is -0.158. The van der Waals surface area contributed by atoms with Crippen molar-refractivity contribution < 1.29 is 23.0 Å². The molecule has 6 rings (SSSR count). The fourth-order valence-electron chi connectivity index (χ4n) is 6.09. The molecule has 10 heteroatoms. The Kier molecular flexibility index (Phi) is 7.27. The summed E-state index contributed by atoms with van der Waals surface area (Å²) in [7, 11) is 0. The molecule has 1 aliphatic heterocycles. The molecular weight excluding hydrogens is 526 g/mol. The molecule has 7 nitrogen and oxygen atoms in total. The Morgan fingerprint density at radius 2 is 1.77 bits per heavy atom. The van der Waals surface area contributed by atoms with Crippen LogP contribution in [0.5, 0.6) is 5.88 Å². The molecule has 0 amide bonds. The molecule has 0 N–H and O–H groups in total. The summed E-state index contributed by atoms with van der Waals surface area (Å²) < 4.78 is 41.3. The van der Waals surface area contributed by atoms with Crippen molar-refractivity contribution in [3.63, 3.8) is 0 Å². The number of alkyl halides is 2. The van der Waals surface area contributed by atoms with Crippen molar-refractivity contribution in [3.8, 4) is 11.6 Å². The smallest absolute Gasteiger partial charge is 0.309 e. The Bertz CT molecular complexity index is 1320. The first kappa shape index (κ1) is 26.2. The van der Waals surface area contributed by atoms with Gasteiger partial charge in [0.05, 0.1) is 11.6 Å². The number of pyridine rings is 1. The van der Waals surface area contributed by atoms with E-state index >= 15 is 0 Å². The summed E-state index contributed by atoms with van der Waals surface area (Å²) >= 11 is 6.37. The number of carbonyl (C=O) groups is 1. The third-order valence-electron chi connectivity index (χ3n) is 8.19. The van der Waals surface area contributed by atoms with Crippen molar-refractivity contribution in [1.82, 2.24) is 19.7 Å². The number of halogens is 3. The zero-order valence-electron chi connectivity index (χ0n) is 21.6. The van der Waals surface area contributed by atoms with Crippen LogP contribution in [0.2, 0.25) is 5.02 Å². The molecule has 2 aromatic heterocycles. The van der Waals surface area contributed by atoms with Crippen molar-refractivity contribution >= 4 is 17.6 Å². The molecule has 1 unspecified atom stereocenters. The van der Waals surface area contributed by atoms with Gasteiger partial charge in [-0.2, -0.15) is 0 Å². The van der Waals surface area contributed by atoms with E-state index in [2.05, 4.69) is 19.7 Å². The van der Waals surface area contributed by atoms with Crippen LogP contribution in [0.3, 0.4) is 0 Å². The fourth-order valence-corrected chi connectivity index (χ4v) is 6.29. The predicted octanol–water partition coefficient (Wildman–Crippen LogP) is 6.26. The largest absolute Gasteiger partial charge is 0.474 e. The zero-order valence-corrected chi connectivity index (χ0v) is 22.3. The fraction of sp³-hybridized carbons (Fsp3) is 0.517. The van der Waals surface area contributed by atoms with E-state index in [9.17, 15) is 13.6 Å². The van der Waals surface area contributed by atoms with Crippen molar-refractivity contribution in [2.45, 2.75) is 88.3 Å². The number of carbonyl (C=O) groups excluding carboxylic acids is 1. The molecule has 0 spiro atoms. The highest BCUT2D eigenvalue weighted by molar-refractivity contribution is 6.30. The van der Waals surface area contributed by atoms with Crippen molar-refractivity contribution in [2.75, 3.05) is 0 Å². The lowest BCUT2D eigenvalue weighted by Crippen LogP contribution is -2.32. The minimum Gasteiger partial charge on any atom is -0.474 e. The lowest BCUT2D eigenvalue weighted by Gasteiger charge is -2.28. The number of esters is 1. The van der Waals surface area contributed by atoms with Crippen molar-refractivity contribution in [3.05, 3.63) is 64.8 Å². The molecule has 0 saturated heterocycles. The van der Waals surface area contributed by atoms with E-state index in [0.717, 1.165) is 48.6 Å². The predicted molar refractivity (Wildman–Crippen MR) is 140 cm³/mol. The molecule has 206 valence electrons. The van der Waals surface area contributed by atoms with E-state index in [4.69, 9.17) is 21.1 Å². The van der Waals surface area contributed by atoms with E-state index in [1.807, 2.05) is 36.4 Å². The summed E-state index contributed by atoms with van der Waals surface area (Å²) in [6, 6.07) is 11.4. The summed E-state index contributed by atoms with van der Waals surface area (Å²) in [6.45, 7) is 0. The molecule has 1 aromatic carbocycles. The van der Waals surface area contributed by atoms with E-state index in [-0.39, 0.29) is 37.7 Å². The number of hydrogen-bond acceptors (Lipinski definition) is 6. The SMILES string of the molecule is O=C(OC1Cc2cc(Cl)ccc2-n2c(nnc2[C@H]2CC[C@H](Oc3ccccn3)CC2)C1)C1CCC(F)(F)CC1. The molecule has 2 aliphatic carbocycles. The molecule has 3 aliphatic rings. The summed E-state index contributed by atoms with van der Waals surface area (Å²) in [5.74, 6) is -1.11. The van der Waals surface area contributed by atoms with Gasteiger partial charge in [-0.15, -0.1) is 10.2 Å². The van der Waals surface area contributed by atoms with Crippen LogP contribution in [-0.2, 0) is 22.4 Å². The van der Waals surface area contributed by atoms with Gasteiger partial charge in [0.1, 0.15) is 23.9 Å². The van der Waals surface area contributed by atoms with E-state index < -0.39 is 23.9 Å². The van der Waals surface area contributed by atoms with Crippen LogP contribution in [0.4, 0.5) is 8.78 Å². The molecule has 0 radical (unpaired) electrons. The molecule has 3 aromatic rings. The normalized spacial score (nSPS) is 24.7. The van der Waals surface area contributed by atoms with Crippen LogP contribution >= 0.6 is 11.6 Å². The second kappa shape index (κ2) is 10.8. The summed E-state index contributed by atoms with van der Waals surface area (Å²) in [5, 5.41) is 9.75. The van der Waals surface area contributed by atoms with E-state index in [1.54, 1.807) is 6.20 Å². The average Bonchev–Trinajstić information content (AvgIpc) is 3.26. The lowest BCUT2D eigenvalue weighted by atomic mass is 9.86. The number of ether oxygens (including phenoxy) is 2. The highest BCUT2D eigenvalue weighted by Crippen LogP contribution is 2.39. The third-order valence-corrected chi connectivity index (χ3v) is 8.43. The van der Waals surface area contributed by atoms with Gasteiger partial charge in [-0.3, -0.25) is 9.36 Å². The maximum Gasteiger partial charge on any atom is 0.309 e. The molecule has 39 heavy (non-hydrogen) atoms. The first-order valence-electron chi connectivity index (χ1n) is 13.7. The second-order valence-corrected chi connectivity index (χ2v) is 11.4. The molecule has 3 heterocycles. The third kappa shape index (κ3) is 5.78. The minimum atomic E-state index is -2.69. The number of rotatable bonds is 5. The number of hydrogen-bond donors (Lipinski definition) is 0. The van der Waals surface area contributed by atoms with Gasteiger partial charge in [-0.05, 0) is 68.4 Å². The van der Waals surface area contributed by atoms with Crippen LogP contribution in [0.15, 0.2) is 42.6 Å². The topological polar surface area (TPSA) is 79.1 Å². The van der Waals surface area contributed by atoms with Gasteiger partial charge < -0.3 is 9.47 Å². The second-order valence-electron chi connectivity index (χ2n) is 10.9. The summed E-state index contributed by atoms with van der Waals surface area (Å²) in [4.78, 5) is 17.2. The Morgan fingerprint density at radius 3 is 2.51 bits per heavy atom. The van der Waals surface area contributed by atoms with Crippen LogP contribution in [0.25, 0.3) is 5.69 Å². The first-order chi connectivity index (χ1) is 18.8. The Labute approximate surface area is 230 Å². The maximum absolute atomic E-state index is 13.6. The van der Waals surface area contributed by atoms with E-state index in [1.165, 1.54) is 0 Å². The number of benzene rings is 1. The number of aromatic nitrogens is 4. The minimum absolute atomic E-state index is 0.109. The summed E-state index contributed by atoms with van der Waals surface area (Å²) in [5.41, 5.74) is 1.89. The quantitative estimate of drug-likeness (QED) is 0.345. The molecular formula is C29H31ClF2N4O3. The molecule has 0 bridgehead atoms. The van der Waals surface area contributed by atoms with E-state index in [0.29, 0.717) is 23.7 Å². The molecule has 1 atom stereocenters. The number of nitrogens with zero attached hydrogens (tertiary/aromatic N) is 4. The van der Waals surface area contributed by atoms with Crippen LogP contribution in [0, 0.1) is 5.92 Å². The standard InChI is InChI=1S/C29H31ClF2N4O3/c30-21-6-9-24-20(15-21)16-23(39-28(37)19-10-12-29(31,32)13-11-19)17-25-34-35-27(36(24)25)18-4-7-22(8-5-18)38-26-3-1-2-14-33-26/h1-3,6,9,14-15,18-19,22-23H,4-5,7-8,10-13,16-17H2/t18-,22-,23?. The van der Waals surface area contributed by atoms with Gasteiger partial charge >= 0.3 is 5.97 Å². The van der Waals surface area contributed by atoms with Crippen molar-refractivity contribution in [2.24, 2.45) is 5.92 Å². The van der Waals surface area contributed by atoms with Crippen LogP contribution in [-0.4, -0.2) is 43.8 Å². The van der Waals surface area contributed by atoms with Gasteiger partial charge in [0, 0.05) is 48.9 Å². The maximum atomic E-state index is 13.6. The monoisotopic (exact) mass is 556 g/mol.